The summed E-state index contributed by atoms with van der Waals surface area (Å²) in [5, 5.41) is 11.3. The van der Waals surface area contributed by atoms with Gasteiger partial charge in [-0.2, -0.15) is 0 Å². The second-order valence-electron chi connectivity index (χ2n) is 4.77. The first-order chi connectivity index (χ1) is 8.69. The molecule has 1 aromatic carbocycles. The van der Waals surface area contributed by atoms with Crippen LogP contribution in [0.15, 0.2) is 28.7 Å². The second kappa shape index (κ2) is 4.37. The monoisotopic (exact) mass is 250 g/mol. The highest BCUT2D eigenvalue weighted by atomic mass is 19.1. The van der Waals surface area contributed by atoms with Crippen molar-refractivity contribution in [2.45, 2.75) is 24.9 Å². The van der Waals surface area contributed by atoms with Crippen molar-refractivity contribution in [3.8, 4) is 0 Å². The van der Waals surface area contributed by atoms with Crippen LogP contribution in [-0.4, -0.2) is 18.3 Å². The molecule has 18 heavy (non-hydrogen) atoms. The van der Waals surface area contributed by atoms with Crippen molar-refractivity contribution in [1.29, 1.82) is 0 Å². The van der Waals surface area contributed by atoms with Crippen LogP contribution in [0.5, 0.6) is 0 Å². The van der Waals surface area contributed by atoms with Crippen LogP contribution in [0.3, 0.4) is 0 Å². The van der Waals surface area contributed by atoms with E-state index in [-0.39, 0.29) is 5.58 Å². The number of rotatable bonds is 1. The van der Waals surface area contributed by atoms with Gasteiger partial charge in [-0.1, -0.05) is 12.1 Å². The number of furan rings is 1. The maximum atomic E-state index is 13.6. The van der Waals surface area contributed by atoms with E-state index in [2.05, 4.69) is 0 Å². The van der Waals surface area contributed by atoms with Gasteiger partial charge in [0.05, 0.1) is 0 Å². The molecule has 1 saturated heterocycles. The highest BCUT2D eigenvalue weighted by Gasteiger charge is 2.34. The number of para-hydroxylation sites is 1. The molecular formula is C14H15FO3. The third-order valence-electron chi connectivity index (χ3n) is 3.49. The molecule has 1 aliphatic rings. The molecule has 0 saturated carbocycles. The molecule has 0 aliphatic carbocycles. The van der Waals surface area contributed by atoms with E-state index in [9.17, 15) is 9.50 Å². The maximum Gasteiger partial charge on any atom is 0.170 e. The minimum absolute atomic E-state index is 0.214. The molecule has 0 spiro atoms. The molecule has 1 unspecified atom stereocenters. The highest BCUT2D eigenvalue weighted by Crippen LogP contribution is 2.36. The summed E-state index contributed by atoms with van der Waals surface area (Å²) in [4.78, 5) is 0. The quantitative estimate of drug-likeness (QED) is 0.846. The number of hydrogen-bond donors (Lipinski definition) is 1. The van der Waals surface area contributed by atoms with Gasteiger partial charge in [0.1, 0.15) is 11.4 Å². The van der Waals surface area contributed by atoms with Crippen molar-refractivity contribution in [3.05, 3.63) is 35.8 Å². The third-order valence-corrected chi connectivity index (χ3v) is 3.49. The Labute approximate surface area is 104 Å². The Morgan fingerprint density at radius 1 is 1.22 bits per heavy atom. The van der Waals surface area contributed by atoms with Gasteiger partial charge in [0, 0.05) is 25.0 Å². The summed E-state index contributed by atoms with van der Waals surface area (Å²) in [5.74, 6) is 0.0420. The summed E-state index contributed by atoms with van der Waals surface area (Å²) >= 11 is 0. The van der Waals surface area contributed by atoms with Crippen molar-refractivity contribution < 1.29 is 18.7 Å². The molecular weight excluding hydrogens is 235 g/mol. The average molecular weight is 250 g/mol. The molecule has 3 nitrogen and oxygen atoms in total. The standard InChI is InChI=1S/C14H15FO3/c15-11-4-1-3-10-9-12(18-13(10)11)14(16)5-2-7-17-8-6-14/h1,3-4,9,16H,2,5-8H2. The Hall–Kier alpha value is -1.39. The molecule has 0 bridgehead atoms. The Morgan fingerprint density at radius 3 is 2.94 bits per heavy atom. The van der Waals surface area contributed by atoms with Gasteiger partial charge < -0.3 is 14.3 Å². The summed E-state index contributed by atoms with van der Waals surface area (Å²) in [6.45, 7) is 1.15. The molecule has 2 aromatic rings. The number of halogens is 1. The largest absolute Gasteiger partial charge is 0.455 e. The van der Waals surface area contributed by atoms with Crippen molar-refractivity contribution in [2.75, 3.05) is 13.2 Å². The Bertz CT molecular complexity index is 553. The Balaban J connectivity index is 2.05. The van der Waals surface area contributed by atoms with E-state index in [1.807, 2.05) is 0 Å². The SMILES string of the molecule is OC1(c2cc3cccc(F)c3o2)CCCOCC1. The smallest absolute Gasteiger partial charge is 0.170 e. The third kappa shape index (κ3) is 1.91. The number of ether oxygens (including phenoxy) is 1. The summed E-state index contributed by atoms with van der Waals surface area (Å²) in [6, 6.07) is 6.50. The van der Waals surface area contributed by atoms with E-state index in [1.165, 1.54) is 6.07 Å². The molecule has 1 aromatic heterocycles. The van der Waals surface area contributed by atoms with Crippen LogP contribution in [0.2, 0.25) is 0 Å². The molecule has 2 heterocycles. The zero-order valence-corrected chi connectivity index (χ0v) is 9.99. The molecule has 3 rings (SSSR count). The molecule has 1 aliphatic heterocycles. The van der Waals surface area contributed by atoms with Crippen molar-refractivity contribution in [1.82, 2.24) is 0 Å². The first kappa shape index (κ1) is 11.7. The van der Waals surface area contributed by atoms with Gasteiger partial charge in [-0.05, 0) is 25.0 Å². The van der Waals surface area contributed by atoms with Crippen LogP contribution in [0.25, 0.3) is 11.0 Å². The molecule has 1 fully saturated rings. The first-order valence-corrected chi connectivity index (χ1v) is 6.18. The number of hydrogen-bond acceptors (Lipinski definition) is 3. The highest BCUT2D eigenvalue weighted by molar-refractivity contribution is 5.78. The zero-order chi connectivity index (χ0) is 12.6. The lowest BCUT2D eigenvalue weighted by molar-refractivity contribution is -0.00392. The van der Waals surface area contributed by atoms with Crippen LogP contribution >= 0.6 is 0 Å². The molecule has 0 amide bonds. The number of fused-ring (bicyclic) bond motifs is 1. The van der Waals surface area contributed by atoms with Crippen molar-refractivity contribution >= 4 is 11.0 Å². The van der Waals surface area contributed by atoms with Gasteiger partial charge in [0.15, 0.2) is 11.4 Å². The molecule has 1 atom stereocenters. The predicted molar refractivity (Wildman–Crippen MR) is 64.7 cm³/mol. The normalized spacial score (nSPS) is 25.2. The van der Waals surface area contributed by atoms with E-state index in [0.29, 0.717) is 37.2 Å². The van der Waals surface area contributed by atoms with Gasteiger partial charge in [0.2, 0.25) is 0 Å². The minimum Gasteiger partial charge on any atom is -0.455 e. The summed E-state index contributed by atoms with van der Waals surface area (Å²) in [6.07, 6.45) is 1.83. The zero-order valence-electron chi connectivity index (χ0n) is 9.99. The fraction of sp³-hybridized carbons (Fsp3) is 0.429. The maximum absolute atomic E-state index is 13.6. The van der Waals surface area contributed by atoms with Gasteiger partial charge in [-0.3, -0.25) is 0 Å². The Kier molecular flexibility index (Phi) is 2.84. The lowest BCUT2D eigenvalue weighted by Gasteiger charge is -2.22. The van der Waals surface area contributed by atoms with Crippen LogP contribution in [-0.2, 0) is 10.3 Å². The molecule has 1 N–H and O–H groups in total. The van der Waals surface area contributed by atoms with E-state index in [1.54, 1.807) is 18.2 Å². The van der Waals surface area contributed by atoms with Crippen LogP contribution in [0.1, 0.15) is 25.0 Å². The fourth-order valence-corrected chi connectivity index (χ4v) is 2.44. The second-order valence-corrected chi connectivity index (χ2v) is 4.77. The lowest BCUT2D eigenvalue weighted by atomic mass is 9.92. The van der Waals surface area contributed by atoms with Crippen molar-refractivity contribution in [2.24, 2.45) is 0 Å². The van der Waals surface area contributed by atoms with Crippen LogP contribution in [0, 0.1) is 5.82 Å². The average Bonchev–Trinajstić information content (AvgIpc) is 2.69. The van der Waals surface area contributed by atoms with E-state index >= 15 is 0 Å². The van der Waals surface area contributed by atoms with E-state index < -0.39 is 11.4 Å². The Morgan fingerprint density at radius 2 is 2.11 bits per heavy atom. The van der Waals surface area contributed by atoms with Crippen LogP contribution < -0.4 is 0 Å². The molecule has 4 heteroatoms. The van der Waals surface area contributed by atoms with Gasteiger partial charge in [-0.15, -0.1) is 0 Å². The molecule has 96 valence electrons. The fourth-order valence-electron chi connectivity index (χ4n) is 2.44. The van der Waals surface area contributed by atoms with Gasteiger partial charge >= 0.3 is 0 Å². The number of aliphatic hydroxyl groups is 1. The number of benzene rings is 1. The summed E-state index contributed by atoms with van der Waals surface area (Å²) in [7, 11) is 0. The minimum atomic E-state index is -1.04. The summed E-state index contributed by atoms with van der Waals surface area (Å²) < 4.78 is 24.4. The van der Waals surface area contributed by atoms with Crippen molar-refractivity contribution in [3.63, 3.8) is 0 Å². The molecule has 0 radical (unpaired) electrons. The topological polar surface area (TPSA) is 42.6 Å². The lowest BCUT2D eigenvalue weighted by Crippen LogP contribution is -2.25. The van der Waals surface area contributed by atoms with E-state index in [4.69, 9.17) is 9.15 Å². The first-order valence-electron chi connectivity index (χ1n) is 6.18. The predicted octanol–water partition coefficient (Wildman–Crippen LogP) is 2.96. The van der Waals surface area contributed by atoms with Crippen LogP contribution in [0.4, 0.5) is 4.39 Å². The summed E-state index contributed by atoms with van der Waals surface area (Å²) in [5.41, 5.74) is -0.826. The van der Waals surface area contributed by atoms with E-state index in [0.717, 1.165) is 6.42 Å². The van der Waals surface area contributed by atoms with Gasteiger partial charge in [-0.25, -0.2) is 4.39 Å². The van der Waals surface area contributed by atoms with Gasteiger partial charge in [0.25, 0.3) is 0 Å².